The van der Waals surface area contributed by atoms with Crippen molar-refractivity contribution in [2.45, 2.75) is 17.5 Å². The van der Waals surface area contributed by atoms with E-state index in [-0.39, 0.29) is 6.54 Å². The second-order valence-electron chi connectivity index (χ2n) is 3.54. The molecule has 0 spiro atoms. The molecule has 1 aromatic carbocycles. The Kier molecular flexibility index (Phi) is 4.62. The molecule has 0 bridgehead atoms. The zero-order chi connectivity index (χ0) is 13.8. The minimum Gasteiger partial charge on any atom is -0.480 e. The number of tetrazole rings is 1. The Balaban J connectivity index is 2.06. The Labute approximate surface area is 122 Å². The van der Waals surface area contributed by atoms with Crippen LogP contribution in [0.1, 0.15) is 5.56 Å². The van der Waals surface area contributed by atoms with Crippen LogP contribution in [0.3, 0.4) is 0 Å². The fourth-order valence-corrected chi connectivity index (χ4v) is 2.74. The molecule has 9 heteroatoms. The maximum atomic E-state index is 10.6. The second kappa shape index (κ2) is 6.23. The summed E-state index contributed by atoms with van der Waals surface area (Å²) in [6.45, 7) is -0.274. The van der Waals surface area contributed by atoms with Gasteiger partial charge in [-0.3, -0.25) is 4.79 Å². The molecule has 0 aliphatic rings. The van der Waals surface area contributed by atoms with E-state index in [1.807, 2.05) is 6.07 Å². The Bertz CT molecular complexity index is 605. The number of aliphatic carboxylic acids is 1. The van der Waals surface area contributed by atoms with Gasteiger partial charge >= 0.3 is 5.97 Å². The molecule has 1 N–H and O–H groups in total. The van der Waals surface area contributed by atoms with Gasteiger partial charge in [-0.05, 0) is 28.1 Å². The van der Waals surface area contributed by atoms with Gasteiger partial charge in [-0.15, -0.1) is 5.10 Å². The molecule has 100 valence electrons. The summed E-state index contributed by atoms with van der Waals surface area (Å²) in [6, 6.07) is 5.20. The van der Waals surface area contributed by atoms with E-state index in [1.165, 1.54) is 16.4 Å². The second-order valence-corrected chi connectivity index (χ2v) is 5.32. The quantitative estimate of drug-likeness (QED) is 0.852. The molecular weight excluding hydrogens is 311 g/mol. The molecular formula is C10H8Cl2N4O2S. The first-order valence-electron chi connectivity index (χ1n) is 5.11. The van der Waals surface area contributed by atoms with Gasteiger partial charge in [0.15, 0.2) is 0 Å². The summed E-state index contributed by atoms with van der Waals surface area (Å²) in [4.78, 5) is 10.6. The lowest BCUT2D eigenvalue weighted by atomic mass is 10.2. The van der Waals surface area contributed by atoms with Crippen LogP contribution in [-0.2, 0) is 17.1 Å². The average molecular weight is 319 g/mol. The van der Waals surface area contributed by atoms with Crippen LogP contribution in [-0.4, -0.2) is 31.3 Å². The fraction of sp³-hybridized carbons (Fsp3) is 0.200. The first-order valence-corrected chi connectivity index (χ1v) is 6.85. The lowest BCUT2D eigenvalue weighted by Gasteiger charge is -2.04. The largest absolute Gasteiger partial charge is 0.480 e. The van der Waals surface area contributed by atoms with Gasteiger partial charge < -0.3 is 5.11 Å². The molecule has 0 saturated carbocycles. The maximum Gasteiger partial charge on any atom is 0.325 e. The third-order valence-corrected chi connectivity index (χ3v) is 3.75. The zero-order valence-corrected chi connectivity index (χ0v) is 11.8. The molecule has 0 radical (unpaired) electrons. The Hall–Kier alpha value is -1.31. The number of hydrogen-bond acceptors (Lipinski definition) is 5. The highest BCUT2D eigenvalue weighted by atomic mass is 35.5. The number of hydrogen-bond donors (Lipinski definition) is 1. The Morgan fingerprint density at radius 2 is 2.21 bits per heavy atom. The molecule has 1 aromatic heterocycles. The van der Waals surface area contributed by atoms with Gasteiger partial charge in [-0.2, -0.15) is 0 Å². The third kappa shape index (κ3) is 3.82. The van der Waals surface area contributed by atoms with Gasteiger partial charge in [-0.1, -0.05) is 41.0 Å². The zero-order valence-electron chi connectivity index (χ0n) is 9.45. The van der Waals surface area contributed by atoms with Crippen LogP contribution in [0.25, 0.3) is 0 Å². The molecule has 0 unspecified atom stereocenters. The SMILES string of the molecule is O=C(O)Cn1nnnc1SCc1ccc(Cl)cc1Cl. The van der Waals surface area contributed by atoms with E-state index in [0.717, 1.165) is 5.56 Å². The summed E-state index contributed by atoms with van der Waals surface area (Å²) in [5.74, 6) is -0.477. The Morgan fingerprint density at radius 3 is 2.89 bits per heavy atom. The van der Waals surface area contributed by atoms with E-state index in [0.29, 0.717) is 21.0 Å². The van der Waals surface area contributed by atoms with Crippen molar-refractivity contribution < 1.29 is 9.90 Å². The molecule has 0 atom stereocenters. The number of thioether (sulfide) groups is 1. The summed E-state index contributed by atoms with van der Waals surface area (Å²) in [6.07, 6.45) is 0. The summed E-state index contributed by atoms with van der Waals surface area (Å²) in [5.41, 5.74) is 0.876. The van der Waals surface area contributed by atoms with Gasteiger partial charge in [0.05, 0.1) is 0 Å². The van der Waals surface area contributed by atoms with Crippen molar-refractivity contribution in [2.24, 2.45) is 0 Å². The number of carboxylic acids is 1. The van der Waals surface area contributed by atoms with Crippen molar-refractivity contribution in [1.29, 1.82) is 0 Å². The molecule has 0 fully saturated rings. The van der Waals surface area contributed by atoms with Gasteiger partial charge in [0.25, 0.3) is 0 Å². The minimum atomic E-state index is -1.00. The molecule has 2 rings (SSSR count). The number of benzene rings is 1. The number of carbonyl (C=O) groups is 1. The van der Waals surface area contributed by atoms with Crippen molar-refractivity contribution in [3.05, 3.63) is 33.8 Å². The lowest BCUT2D eigenvalue weighted by Crippen LogP contribution is -2.11. The maximum absolute atomic E-state index is 10.6. The van der Waals surface area contributed by atoms with E-state index in [2.05, 4.69) is 15.5 Å². The van der Waals surface area contributed by atoms with Gasteiger partial charge in [0, 0.05) is 15.8 Å². The molecule has 0 aliphatic carbocycles. The van der Waals surface area contributed by atoms with Gasteiger partial charge in [0.1, 0.15) is 6.54 Å². The van der Waals surface area contributed by atoms with Crippen molar-refractivity contribution in [1.82, 2.24) is 20.2 Å². The Morgan fingerprint density at radius 1 is 1.42 bits per heavy atom. The predicted octanol–water partition coefficient (Wildman–Crippen LogP) is 2.36. The summed E-state index contributed by atoms with van der Waals surface area (Å²) >= 11 is 13.2. The van der Waals surface area contributed by atoms with E-state index in [9.17, 15) is 4.79 Å². The minimum absolute atomic E-state index is 0.274. The molecule has 1 heterocycles. The van der Waals surface area contributed by atoms with Gasteiger partial charge in [0.2, 0.25) is 5.16 Å². The summed E-state index contributed by atoms with van der Waals surface area (Å²) in [7, 11) is 0. The molecule has 0 aliphatic heterocycles. The monoisotopic (exact) mass is 318 g/mol. The molecule has 0 amide bonds. The van der Waals surface area contributed by atoms with Crippen LogP contribution in [0.2, 0.25) is 10.0 Å². The van der Waals surface area contributed by atoms with E-state index in [4.69, 9.17) is 28.3 Å². The van der Waals surface area contributed by atoms with E-state index >= 15 is 0 Å². The van der Waals surface area contributed by atoms with Crippen LogP contribution in [0.15, 0.2) is 23.4 Å². The normalized spacial score (nSPS) is 10.6. The van der Waals surface area contributed by atoms with Crippen molar-refractivity contribution in [3.8, 4) is 0 Å². The van der Waals surface area contributed by atoms with Gasteiger partial charge in [-0.25, -0.2) is 4.68 Å². The first kappa shape index (κ1) is 14.1. The topological polar surface area (TPSA) is 80.9 Å². The van der Waals surface area contributed by atoms with Crippen molar-refractivity contribution in [2.75, 3.05) is 0 Å². The standard InChI is InChI=1S/C10H8Cl2N4O2S/c11-7-2-1-6(8(12)3-7)5-19-10-13-14-15-16(10)4-9(17)18/h1-3H,4-5H2,(H,17,18). The summed E-state index contributed by atoms with van der Waals surface area (Å²) < 4.78 is 1.22. The predicted molar refractivity (Wildman–Crippen MR) is 71.5 cm³/mol. The number of aromatic nitrogens is 4. The smallest absolute Gasteiger partial charge is 0.325 e. The molecule has 19 heavy (non-hydrogen) atoms. The first-order chi connectivity index (χ1) is 9.06. The highest BCUT2D eigenvalue weighted by Crippen LogP contribution is 2.27. The van der Waals surface area contributed by atoms with Crippen LogP contribution in [0, 0.1) is 0 Å². The molecule has 6 nitrogen and oxygen atoms in total. The van der Waals surface area contributed by atoms with Crippen LogP contribution >= 0.6 is 35.0 Å². The van der Waals surface area contributed by atoms with E-state index in [1.54, 1.807) is 12.1 Å². The molecule has 2 aromatic rings. The fourth-order valence-electron chi connectivity index (χ4n) is 1.31. The van der Waals surface area contributed by atoms with Crippen molar-refractivity contribution >= 4 is 40.9 Å². The van der Waals surface area contributed by atoms with Crippen LogP contribution in [0.4, 0.5) is 0 Å². The van der Waals surface area contributed by atoms with Crippen LogP contribution < -0.4 is 0 Å². The average Bonchev–Trinajstić information content (AvgIpc) is 2.74. The number of halogens is 2. The lowest BCUT2D eigenvalue weighted by molar-refractivity contribution is -0.138. The highest BCUT2D eigenvalue weighted by Gasteiger charge is 2.11. The summed E-state index contributed by atoms with van der Waals surface area (Å²) in [5, 5.41) is 21.1. The number of carboxylic acid groups (broad SMARTS) is 1. The van der Waals surface area contributed by atoms with Crippen molar-refractivity contribution in [3.63, 3.8) is 0 Å². The van der Waals surface area contributed by atoms with Crippen LogP contribution in [0.5, 0.6) is 0 Å². The third-order valence-electron chi connectivity index (χ3n) is 2.16. The molecule has 0 saturated heterocycles. The number of rotatable bonds is 5. The van der Waals surface area contributed by atoms with E-state index < -0.39 is 5.97 Å². The number of nitrogens with zero attached hydrogens (tertiary/aromatic N) is 4. The highest BCUT2D eigenvalue weighted by molar-refractivity contribution is 7.98.